The molecule has 0 aliphatic heterocycles. The highest BCUT2D eigenvalue weighted by molar-refractivity contribution is 5.56. The zero-order chi connectivity index (χ0) is 17.1. The first kappa shape index (κ1) is 16.1. The van der Waals surface area contributed by atoms with Crippen molar-refractivity contribution >= 4 is 0 Å². The van der Waals surface area contributed by atoms with Crippen LogP contribution in [0.15, 0.2) is 66.9 Å². The van der Waals surface area contributed by atoms with Crippen LogP contribution in [0.1, 0.15) is 36.6 Å². The third-order valence-electron chi connectivity index (χ3n) is 5.13. The maximum atomic E-state index is 10.4. The Hall–Kier alpha value is -2.39. The van der Waals surface area contributed by atoms with Gasteiger partial charge in [0.1, 0.15) is 5.82 Å². The van der Waals surface area contributed by atoms with Gasteiger partial charge in [0, 0.05) is 11.8 Å². The van der Waals surface area contributed by atoms with Crippen molar-refractivity contribution in [3.8, 4) is 11.4 Å². The Morgan fingerprint density at radius 3 is 2.32 bits per heavy atom. The molecule has 0 radical (unpaired) electrons. The summed E-state index contributed by atoms with van der Waals surface area (Å²) in [5.41, 5.74) is 3.55. The van der Waals surface area contributed by atoms with E-state index in [0.29, 0.717) is 0 Å². The third-order valence-corrected chi connectivity index (χ3v) is 5.13. The van der Waals surface area contributed by atoms with Gasteiger partial charge < -0.3 is 9.67 Å². The van der Waals surface area contributed by atoms with E-state index in [9.17, 15) is 5.11 Å². The maximum Gasteiger partial charge on any atom is 0.140 e. The zero-order valence-corrected chi connectivity index (χ0v) is 14.4. The molecule has 0 amide bonds. The van der Waals surface area contributed by atoms with Gasteiger partial charge in [-0.1, -0.05) is 60.7 Å². The molecule has 1 fully saturated rings. The maximum absolute atomic E-state index is 10.4. The Morgan fingerprint density at radius 2 is 1.64 bits per heavy atom. The van der Waals surface area contributed by atoms with Crippen molar-refractivity contribution in [2.24, 2.45) is 0 Å². The Balaban J connectivity index is 1.63. The molecule has 3 aromatic rings. The average Bonchev–Trinajstić information content (AvgIpc) is 3.27. The number of benzene rings is 2. The van der Waals surface area contributed by atoms with Crippen LogP contribution in [0.2, 0.25) is 0 Å². The summed E-state index contributed by atoms with van der Waals surface area (Å²) in [5.74, 6) is 0.981. The standard InChI is InChI=1S/C22H24N2O/c25-21-13-7-12-20(21)24-16-19(15-14-17-8-3-1-4-9-17)23-22(24)18-10-5-2-6-11-18/h1-6,8-11,16,20-21,25H,7,12-15H2/t20-,21+/m1/s1. The second-order valence-corrected chi connectivity index (χ2v) is 6.88. The van der Waals surface area contributed by atoms with Crippen molar-refractivity contribution in [3.05, 3.63) is 78.1 Å². The Bertz CT molecular complexity index is 811. The molecule has 1 heterocycles. The minimum Gasteiger partial charge on any atom is -0.391 e. The number of imidazole rings is 1. The van der Waals surface area contributed by atoms with Crippen molar-refractivity contribution < 1.29 is 5.11 Å². The van der Waals surface area contributed by atoms with E-state index in [4.69, 9.17) is 4.98 Å². The summed E-state index contributed by atoms with van der Waals surface area (Å²) in [5, 5.41) is 10.4. The van der Waals surface area contributed by atoms with Crippen LogP contribution in [0.5, 0.6) is 0 Å². The van der Waals surface area contributed by atoms with E-state index in [1.165, 1.54) is 5.56 Å². The van der Waals surface area contributed by atoms with E-state index in [-0.39, 0.29) is 12.1 Å². The van der Waals surface area contributed by atoms with Gasteiger partial charge in [0.05, 0.1) is 17.8 Å². The first-order valence-corrected chi connectivity index (χ1v) is 9.16. The van der Waals surface area contributed by atoms with Gasteiger partial charge in [-0.3, -0.25) is 0 Å². The summed E-state index contributed by atoms with van der Waals surface area (Å²) in [6.45, 7) is 0. The highest BCUT2D eigenvalue weighted by atomic mass is 16.3. The highest BCUT2D eigenvalue weighted by Crippen LogP contribution is 2.34. The molecule has 1 aromatic heterocycles. The average molecular weight is 332 g/mol. The van der Waals surface area contributed by atoms with Crippen LogP contribution >= 0.6 is 0 Å². The van der Waals surface area contributed by atoms with Crippen molar-refractivity contribution in [3.63, 3.8) is 0 Å². The molecule has 2 aromatic carbocycles. The molecule has 0 saturated heterocycles. The lowest BCUT2D eigenvalue weighted by molar-refractivity contribution is 0.137. The largest absolute Gasteiger partial charge is 0.391 e. The molecule has 1 aliphatic carbocycles. The lowest BCUT2D eigenvalue weighted by Crippen LogP contribution is -2.18. The highest BCUT2D eigenvalue weighted by Gasteiger charge is 2.29. The fraction of sp³-hybridized carbons (Fsp3) is 0.318. The third kappa shape index (κ3) is 3.52. The van der Waals surface area contributed by atoms with Gasteiger partial charge in [-0.2, -0.15) is 0 Å². The van der Waals surface area contributed by atoms with E-state index in [1.54, 1.807) is 0 Å². The van der Waals surface area contributed by atoms with Crippen LogP contribution < -0.4 is 0 Å². The van der Waals surface area contributed by atoms with Crippen LogP contribution in [0.25, 0.3) is 11.4 Å². The number of hydrogen-bond acceptors (Lipinski definition) is 2. The minimum atomic E-state index is -0.265. The van der Waals surface area contributed by atoms with Gasteiger partial charge in [0.15, 0.2) is 0 Å². The van der Waals surface area contributed by atoms with Crippen molar-refractivity contribution in [2.45, 2.75) is 44.2 Å². The van der Waals surface area contributed by atoms with Crippen LogP contribution in [0, 0.1) is 0 Å². The second-order valence-electron chi connectivity index (χ2n) is 6.88. The molecule has 25 heavy (non-hydrogen) atoms. The number of aliphatic hydroxyl groups is 1. The van der Waals surface area contributed by atoms with E-state index in [1.807, 2.05) is 24.3 Å². The molecule has 2 atom stereocenters. The number of hydrogen-bond donors (Lipinski definition) is 1. The molecule has 128 valence electrons. The number of nitrogens with zero attached hydrogens (tertiary/aromatic N) is 2. The molecule has 1 aliphatic rings. The molecule has 0 bridgehead atoms. The summed E-state index contributed by atoms with van der Waals surface area (Å²) in [4.78, 5) is 4.93. The van der Waals surface area contributed by atoms with Crippen molar-refractivity contribution in [2.75, 3.05) is 0 Å². The SMILES string of the molecule is O[C@H]1CCC[C@H]1n1cc(CCc2ccccc2)nc1-c1ccccc1. The Labute approximate surface area is 149 Å². The summed E-state index contributed by atoms with van der Waals surface area (Å²) in [6.07, 6.45) is 6.78. The molecule has 4 rings (SSSR count). The minimum absolute atomic E-state index is 0.146. The summed E-state index contributed by atoms with van der Waals surface area (Å²) in [7, 11) is 0. The van der Waals surface area contributed by atoms with Crippen LogP contribution in [0.3, 0.4) is 0 Å². The van der Waals surface area contributed by atoms with E-state index < -0.39 is 0 Å². The normalized spacial score (nSPS) is 20.0. The number of rotatable bonds is 5. The van der Waals surface area contributed by atoms with Crippen LogP contribution in [0.4, 0.5) is 0 Å². The molecule has 1 saturated carbocycles. The monoisotopic (exact) mass is 332 g/mol. The van der Waals surface area contributed by atoms with Gasteiger partial charge in [-0.15, -0.1) is 0 Å². The van der Waals surface area contributed by atoms with Gasteiger partial charge in [-0.05, 0) is 37.7 Å². The molecule has 3 nitrogen and oxygen atoms in total. The fourth-order valence-corrected chi connectivity index (χ4v) is 3.78. The lowest BCUT2D eigenvalue weighted by Gasteiger charge is -2.19. The predicted molar refractivity (Wildman–Crippen MR) is 100 cm³/mol. The van der Waals surface area contributed by atoms with Crippen LogP contribution in [-0.4, -0.2) is 20.8 Å². The van der Waals surface area contributed by atoms with Gasteiger partial charge in [0.25, 0.3) is 0 Å². The second kappa shape index (κ2) is 7.24. The van der Waals surface area contributed by atoms with E-state index >= 15 is 0 Å². The topological polar surface area (TPSA) is 38.0 Å². The number of aryl methyl sites for hydroxylation is 2. The van der Waals surface area contributed by atoms with E-state index in [2.05, 4.69) is 47.2 Å². The first-order chi connectivity index (χ1) is 12.3. The van der Waals surface area contributed by atoms with Gasteiger partial charge in [0.2, 0.25) is 0 Å². The Kier molecular flexibility index (Phi) is 4.66. The number of aromatic nitrogens is 2. The molecule has 1 N–H and O–H groups in total. The number of aliphatic hydroxyl groups excluding tert-OH is 1. The fourth-order valence-electron chi connectivity index (χ4n) is 3.78. The predicted octanol–water partition coefficient (Wildman–Crippen LogP) is 4.42. The molecular weight excluding hydrogens is 308 g/mol. The van der Waals surface area contributed by atoms with Crippen molar-refractivity contribution in [1.82, 2.24) is 9.55 Å². The molecule has 0 unspecified atom stereocenters. The zero-order valence-electron chi connectivity index (χ0n) is 14.4. The summed E-state index contributed by atoms with van der Waals surface area (Å²) < 4.78 is 2.22. The Morgan fingerprint density at radius 1 is 0.920 bits per heavy atom. The first-order valence-electron chi connectivity index (χ1n) is 9.16. The van der Waals surface area contributed by atoms with Gasteiger partial charge >= 0.3 is 0 Å². The van der Waals surface area contributed by atoms with Crippen LogP contribution in [-0.2, 0) is 12.8 Å². The lowest BCUT2D eigenvalue weighted by atomic mass is 10.1. The molecule has 0 spiro atoms. The van der Waals surface area contributed by atoms with Crippen molar-refractivity contribution in [1.29, 1.82) is 0 Å². The summed E-state index contributed by atoms with van der Waals surface area (Å²) >= 11 is 0. The molecular formula is C22H24N2O. The van der Waals surface area contributed by atoms with E-state index in [0.717, 1.165) is 49.2 Å². The quantitative estimate of drug-likeness (QED) is 0.751. The summed E-state index contributed by atoms with van der Waals surface area (Å²) in [6, 6.07) is 21.0. The molecule has 3 heteroatoms. The van der Waals surface area contributed by atoms with Gasteiger partial charge in [-0.25, -0.2) is 4.98 Å². The smallest absolute Gasteiger partial charge is 0.140 e.